The molecule has 138 valence electrons. The Balaban J connectivity index is 1.79. The first kappa shape index (κ1) is 18.3. The molecule has 0 N–H and O–H groups in total. The monoisotopic (exact) mass is 375 g/mol. The molecule has 26 heavy (non-hydrogen) atoms. The molecule has 1 saturated heterocycles. The number of rotatable bonds is 6. The molecule has 1 aliphatic heterocycles. The first-order chi connectivity index (χ1) is 12.5. The summed E-state index contributed by atoms with van der Waals surface area (Å²) < 4.78 is 34.1. The third kappa shape index (κ3) is 4.54. The summed E-state index contributed by atoms with van der Waals surface area (Å²) in [5, 5.41) is 0. The molecule has 6 nitrogen and oxygen atoms in total. The molecule has 7 heteroatoms. The lowest BCUT2D eigenvalue weighted by Gasteiger charge is -2.27. The highest BCUT2D eigenvalue weighted by molar-refractivity contribution is 7.91. The van der Waals surface area contributed by atoms with Crippen LogP contribution in [-0.4, -0.2) is 43.9 Å². The van der Waals surface area contributed by atoms with Crippen molar-refractivity contribution < 1.29 is 22.4 Å². The van der Waals surface area contributed by atoms with E-state index in [1.807, 2.05) is 24.3 Å². The van der Waals surface area contributed by atoms with E-state index in [9.17, 15) is 13.2 Å². The van der Waals surface area contributed by atoms with E-state index < -0.39 is 9.84 Å². The number of furan rings is 1. The zero-order valence-corrected chi connectivity index (χ0v) is 15.3. The second kappa shape index (κ2) is 7.78. The van der Waals surface area contributed by atoms with E-state index in [-0.39, 0.29) is 23.5 Å². The zero-order valence-electron chi connectivity index (χ0n) is 14.5. The van der Waals surface area contributed by atoms with Crippen LogP contribution in [0, 0.1) is 0 Å². The van der Waals surface area contributed by atoms with Gasteiger partial charge in [-0.05, 0) is 42.3 Å². The van der Waals surface area contributed by atoms with Crippen molar-refractivity contribution in [2.45, 2.75) is 19.0 Å². The van der Waals surface area contributed by atoms with Crippen molar-refractivity contribution in [3.63, 3.8) is 0 Å². The van der Waals surface area contributed by atoms with Gasteiger partial charge < -0.3 is 14.1 Å². The number of sulfone groups is 1. The molecule has 1 aliphatic rings. The number of benzene rings is 1. The lowest BCUT2D eigenvalue weighted by atomic mass is 10.1. The van der Waals surface area contributed by atoms with Crippen LogP contribution in [0.1, 0.15) is 17.7 Å². The van der Waals surface area contributed by atoms with Crippen LogP contribution in [-0.2, 0) is 21.2 Å². The van der Waals surface area contributed by atoms with Gasteiger partial charge in [0.25, 0.3) is 0 Å². The van der Waals surface area contributed by atoms with E-state index >= 15 is 0 Å². The Morgan fingerprint density at radius 1 is 1.31 bits per heavy atom. The van der Waals surface area contributed by atoms with Crippen LogP contribution in [0.5, 0.6) is 5.75 Å². The van der Waals surface area contributed by atoms with E-state index in [1.54, 1.807) is 30.2 Å². The maximum atomic E-state index is 12.7. The summed E-state index contributed by atoms with van der Waals surface area (Å²) in [7, 11) is -1.50. The van der Waals surface area contributed by atoms with Gasteiger partial charge in [-0.2, -0.15) is 0 Å². The molecule has 1 atom stereocenters. The number of hydrogen-bond donors (Lipinski definition) is 0. The van der Waals surface area contributed by atoms with Crippen molar-refractivity contribution in [1.82, 2.24) is 4.90 Å². The third-order valence-corrected chi connectivity index (χ3v) is 6.13. The van der Waals surface area contributed by atoms with E-state index in [4.69, 9.17) is 9.15 Å². The van der Waals surface area contributed by atoms with Crippen LogP contribution in [0.2, 0.25) is 0 Å². The Hall–Kier alpha value is -2.54. The van der Waals surface area contributed by atoms with Crippen LogP contribution < -0.4 is 4.74 Å². The van der Waals surface area contributed by atoms with Crippen molar-refractivity contribution in [2.24, 2.45) is 0 Å². The predicted octanol–water partition coefficient (Wildman–Crippen LogP) is 2.52. The molecular formula is C19H21NO5S. The molecule has 0 aliphatic carbocycles. The molecule has 1 aromatic heterocycles. The summed E-state index contributed by atoms with van der Waals surface area (Å²) in [5.74, 6) is 1.18. The van der Waals surface area contributed by atoms with Gasteiger partial charge in [-0.15, -0.1) is 0 Å². The Kier molecular flexibility index (Phi) is 5.46. The minimum absolute atomic E-state index is 0.00346. The third-order valence-electron chi connectivity index (χ3n) is 4.38. The number of nitrogens with zero attached hydrogens (tertiary/aromatic N) is 1. The van der Waals surface area contributed by atoms with Crippen molar-refractivity contribution in [2.75, 3.05) is 18.6 Å². The van der Waals surface area contributed by atoms with Gasteiger partial charge in [0.2, 0.25) is 5.91 Å². The van der Waals surface area contributed by atoms with Crippen molar-refractivity contribution in [3.05, 3.63) is 60.1 Å². The molecule has 2 aromatic rings. The van der Waals surface area contributed by atoms with Crippen LogP contribution in [0.4, 0.5) is 0 Å². The lowest BCUT2D eigenvalue weighted by Crippen LogP contribution is -2.39. The van der Waals surface area contributed by atoms with E-state index in [1.165, 1.54) is 12.3 Å². The Morgan fingerprint density at radius 3 is 2.65 bits per heavy atom. The molecule has 1 amide bonds. The number of hydrogen-bond acceptors (Lipinski definition) is 5. The smallest absolute Gasteiger partial charge is 0.247 e. The Bertz CT molecular complexity index is 869. The molecule has 1 fully saturated rings. The van der Waals surface area contributed by atoms with Gasteiger partial charge in [0.1, 0.15) is 11.5 Å². The van der Waals surface area contributed by atoms with E-state index in [0.717, 1.165) is 11.3 Å². The summed E-state index contributed by atoms with van der Waals surface area (Å²) in [6, 6.07) is 10.6. The molecule has 0 radical (unpaired) electrons. The van der Waals surface area contributed by atoms with Crippen molar-refractivity contribution >= 4 is 21.8 Å². The fourth-order valence-corrected chi connectivity index (χ4v) is 4.70. The molecule has 0 bridgehead atoms. The summed E-state index contributed by atoms with van der Waals surface area (Å²) in [4.78, 5) is 14.4. The second-order valence-corrected chi connectivity index (χ2v) is 8.45. The molecule has 0 spiro atoms. The number of carbonyl (C=O) groups excluding carboxylic acids is 1. The molecule has 0 saturated carbocycles. The van der Waals surface area contributed by atoms with Crippen LogP contribution in [0.25, 0.3) is 6.08 Å². The fourth-order valence-electron chi connectivity index (χ4n) is 2.97. The van der Waals surface area contributed by atoms with Gasteiger partial charge >= 0.3 is 0 Å². The molecule has 0 unspecified atom stereocenters. The van der Waals surface area contributed by atoms with E-state index in [2.05, 4.69) is 0 Å². The highest BCUT2D eigenvalue weighted by atomic mass is 32.2. The summed E-state index contributed by atoms with van der Waals surface area (Å²) >= 11 is 0. The van der Waals surface area contributed by atoms with E-state index in [0.29, 0.717) is 18.7 Å². The predicted molar refractivity (Wildman–Crippen MR) is 98.3 cm³/mol. The highest BCUT2D eigenvalue weighted by Crippen LogP contribution is 2.22. The maximum absolute atomic E-state index is 12.7. The van der Waals surface area contributed by atoms with Crippen LogP contribution >= 0.6 is 0 Å². The van der Waals surface area contributed by atoms with Gasteiger partial charge in [-0.1, -0.05) is 12.1 Å². The van der Waals surface area contributed by atoms with Crippen LogP contribution in [0.3, 0.4) is 0 Å². The highest BCUT2D eigenvalue weighted by Gasteiger charge is 2.34. The average Bonchev–Trinajstić information content (AvgIpc) is 3.27. The van der Waals surface area contributed by atoms with Crippen molar-refractivity contribution in [1.29, 1.82) is 0 Å². The van der Waals surface area contributed by atoms with Gasteiger partial charge in [-0.3, -0.25) is 4.79 Å². The minimum atomic E-state index is -3.09. The minimum Gasteiger partial charge on any atom is -0.497 e. The first-order valence-corrected chi connectivity index (χ1v) is 10.1. The summed E-state index contributed by atoms with van der Waals surface area (Å²) in [5.41, 5.74) is 0.912. The van der Waals surface area contributed by atoms with Crippen LogP contribution in [0.15, 0.2) is 53.2 Å². The lowest BCUT2D eigenvalue weighted by molar-refractivity contribution is -0.128. The maximum Gasteiger partial charge on any atom is 0.247 e. The Labute approximate surface area is 153 Å². The SMILES string of the molecule is COc1ccc(CN(C(=O)/C=C/c2ccco2)[C@H]2CCS(=O)(=O)C2)cc1. The largest absolute Gasteiger partial charge is 0.497 e. The van der Waals surface area contributed by atoms with Gasteiger partial charge in [0.15, 0.2) is 9.84 Å². The van der Waals surface area contributed by atoms with Gasteiger partial charge in [-0.25, -0.2) is 8.42 Å². The summed E-state index contributed by atoms with van der Waals surface area (Å²) in [6.45, 7) is 0.339. The quantitative estimate of drug-likeness (QED) is 0.725. The molecule has 1 aromatic carbocycles. The Morgan fingerprint density at radius 2 is 2.08 bits per heavy atom. The zero-order chi connectivity index (χ0) is 18.6. The molecule has 3 rings (SSSR count). The summed E-state index contributed by atoms with van der Waals surface area (Å²) in [6.07, 6.45) is 5.00. The topological polar surface area (TPSA) is 76.8 Å². The number of amides is 1. The van der Waals surface area contributed by atoms with Gasteiger partial charge in [0, 0.05) is 18.7 Å². The number of carbonyl (C=O) groups is 1. The average molecular weight is 375 g/mol. The number of ether oxygens (including phenoxy) is 1. The number of methoxy groups -OCH3 is 1. The van der Waals surface area contributed by atoms with Gasteiger partial charge in [0.05, 0.1) is 24.9 Å². The molecular weight excluding hydrogens is 354 g/mol. The fraction of sp³-hybridized carbons (Fsp3) is 0.316. The normalized spacial score (nSPS) is 18.9. The second-order valence-electron chi connectivity index (χ2n) is 6.22. The molecule has 2 heterocycles. The van der Waals surface area contributed by atoms with Crippen molar-refractivity contribution in [3.8, 4) is 5.75 Å². The first-order valence-electron chi connectivity index (χ1n) is 8.32. The standard InChI is InChI=1S/C19H21NO5S/c1-24-17-6-4-15(5-7-17)13-20(16-10-12-26(22,23)14-16)19(21)9-8-18-3-2-11-25-18/h2-9,11,16H,10,12-14H2,1H3/b9-8+/t16-/m0/s1.